The first kappa shape index (κ1) is 18.7. The minimum Gasteiger partial charge on any atom is -0.479 e. The van der Waals surface area contributed by atoms with Gasteiger partial charge in [0.15, 0.2) is 5.69 Å². The quantitative estimate of drug-likeness (QED) is 0.876. The van der Waals surface area contributed by atoms with E-state index in [-0.39, 0.29) is 11.7 Å². The zero-order valence-corrected chi connectivity index (χ0v) is 15.9. The molecule has 0 saturated heterocycles. The lowest BCUT2D eigenvalue weighted by atomic mass is 9.80. The van der Waals surface area contributed by atoms with Crippen molar-refractivity contribution in [3.05, 3.63) is 47.0 Å². The number of nitrogens with zero attached hydrogens (tertiary/aromatic N) is 3. The van der Waals surface area contributed by atoms with Gasteiger partial charge in [-0.15, -0.1) is 0 Å². The van der Waals surface area contributed by atoms with Crippen molar-refractivity contribution in [1.82, 2.24) is 14.7 Å². The van der Waals surface area contributed by atoms with Crippen LogP contribution >= 0.6 is 0 Å². The maximum atomic E-state index is 13.7. The highest BCUT2D eigenvalue weighted by molar-refractivity contribution is 5.97. The first-order chi connectivity index (χ1) is 13.4. The van der Waals surface area contributed by atoms with Crippen molar-refractivity contribution >= 4 is 11.9 Å². The third-order valence-electron chi connectivity index (χ3n) is 6.21. The topological polar surface area (TPSA) is 75.4 Å². The first-order valence-electron chi connectivity index (χ1n) is 9.82. The second-order valence-corrected chi connectivity index (χ2v) is 7.78. The molecule has 0 radical (unpaired) electrons. The smallest absolute Gasteiger partial charge is 0.329 e. The molecule has 148 valence electrons. The van der Waals surface area contributed by atoms with Crippen LogP contribution in [0.1, 0.15) is 60.3 Å². The highest BCUT2D eigenvalue weighted by atomic mass is 19.1. The largest absolute Gasteiger partial charge is 0.479 e. The maximum absolute atomic E-state index is 13.7. The number of carbonyl (C=O) groups is 2. The Morgan fingerprint density at radius 2 is 1.93 bits per heavy atom. The van der Waals surface area contributed by atoms with Crippen molar-refractivity contribution in [2.45, 2.75) is 56.9 Å². The van der Waals surface area contributed by atoms with Crippen LogP contribution in [-0.2, 0) is 17.6 Å². The van der Waals surface area contributed by atoms with Gasteiger partial charge in [-0.05, 0) is 50.3 Å². The van der Waals surface area contributed by atoms with E-state index in [9.17, 15) is 19.1 Å². The molecule has 1 saturated carbocycles. The first-order valence-corrected chi connectivity index (χ1v) is 9.82. The summed E-state index contributed by atoms with van der Waals surface area (Å²) >= 11 is 0. The van der Waals surface area contributed by atoms with Gasteiger partial charge in [-0.1, -0.05) is 25.3 Å². The van der Waals surface area contributed by atoms with Gasteiger partial charge in [0.05, 0.1) is 5.69 Å². The maximum Gasteiger partial charge on any atom is 0.329 e. The molecular weight excluding hydrogens is 361 g/mol. The molecule has 1 heterocycles. The standard InChI is InChI=1S/C21H24FN3O3/c1-24(21(20(27)28)11-3-2-4-12-21)19(26)18-16-9-6-10-17(16)25(23-18)15-8-5-7-14(22)13-15/h5,7-8,13H,2-4,6,9-12H2,1H3,(H,27,28). The van der Waals surface area contributed by atoms with E-state index < -0.39 is 11.5 Å². The van der Waals surface area contributed by atoms with Crippen LogP contribution in [0.25, 0.3) is 5.69 Å². The van der Waals surface area contributed by atoms with Crippen LogP contribution < -0.4 is 0 Å². The van der Waals surface area contributed by atoms with E-state index in [0.29, 0.717) is 24.2 Å². The second kappa shape index (κ2) is 7.04. The Kier molecular flexibility index (Phi) is 4.69. The van der Waals surface area contributed by atoms with Gasteiger partial charge in [0, 0.05) is 18.3 Å². The van der Waals surface area contributed by atoms with Gasteiger partial charge in [-0.3, -0.25) is 4.79 Å². The molecule has 0 unspecified atom stereocenters. The number of aliphatic carboxylic acids is 1. The molecule has 0 bridgehead atoms. The molecule has 0 aliphatic heterocycles. The summed E-state index contributed by atoms with van der Waals surface area (Å²) in [6, 6.07) is 6.13. The number of benzene rings is 1. The summed E-state index contributed by atoms with van der Waals surface area (Å²) in [4.78, 5) is 26.8. The van der Waals surface area contributed by atoms with Gasteiger partial charge < -0.3 is 10.0 Å². The van der Waals surface area contributed by atoms with Crippen molar-refractivity contribution in [3.63, 3.8) is 0 Å². The van der Waals surface area contributed by atoms with Crippen LogP contribution in [0.15, 0.2) is 24.3 Å². The molecule has 7 heteroatoms. The summed E-state index contributed by atoms with van der Waals surface area (Å²) in [6.45, 7) is 0. The number of amides is 1. The molecule has 1 N–H and O–H groups in total. The van der Waals surface area contributed by atoms with Gasteiger partial charge in [0.2, 0.25) is 0 Å². The fraction of sp³-hybridized carbons (Fsp3) is 0.476. The van der Waals surface area contributed by atoms with Crippen molar-refractivity contribution in [2.24, 2.45) is 0 Å². The lowest BCUT2D eigenvalue weighted by molar-refractivity contribution is -0.151. The molecule has 1 fully saturated rings. The fourth-order valence-corrected chi connectivity index (χ4v) is 4.61. The van der Waals surface area contributed by atoms with Crippen LogP contribution in [0, 0.1) is 5.82 Å². The minimum atomic E-state index is -1.18. The lowest BCUT2D eigenvalue weighted by Gasteiger charge is -2.40. The second-order valence-electron chi connectivity index (χ2n) is 7.78. The summed E-state index contributed by atoms with van der Waals surface area (Å²) in [5.41, 5.74) is 1.47. The Hall–Kier alpha value is -2.70. The molecule has 1 amide bonds. The zero-order valence-electron chi connectivity index (χ0n) is 15.9. The zero-order chi connectivity index (χ0) is 19.9. The van der Waals surface area contributed by atoms with Crippen LogP contribution in [0.2, 0.25) is 0 Å². The van der Waals surface area contributed by atoms with Crippen molar-refractivity contribution in [1.29, 1.82) is 0 Å². The summed E-state index contributed by atoms with van der Waals surface area (Å²) in [7, 11) is 1.57. The van der Waals surface area contributed by atoms with E-state index in [1.165, 1.54) is 17.0 Å². The number of aromatic nitrogens is 2. The number of hydrogen-bond acceptors (Lipinski definition) is 3. The van der Waals surface area contributed by atoms with E-state index in [1.54, 1.807) is 23.9 Å². The van der Waals surface area contributed by atoms with Crippen molar-refractivity contribution in [3.8, 4) is 5.69 Å². The molecule has 2 aromatic rings. The summed E-state index contributed by atoms with van der Waals surface area (Å²) in [5.74, 6) is -1.68. The van der Waals surface area contributed by atoms with Crippen LogP contribution in [0.3, 0.4) is 0 Å². The predicted octanol–water partition coefficient (Wildman–Crippen LogP) is 3.36. The third kappa shape index (κ3) is 2.89. The molecule has 2 aliphatic rings. The summed E-state index contributed by atoms with van der Waals surface area (Å²) < 4.78 is 15.3. The molecule has 28 heavy (non-hydrogen) atoms. The number of carboxylic acids is 1. The minimum absolute atomic E-state index is 0.297. The average molecular weight is 385 g/mol. The van der Waals surface area contributed by atoms with Crippen LogP contribution in [0.5, 0.6) is 0 Å². The molecule has 6 nitrogen and oxygen atoms in total. The van der Waals surface area contributed by atoms with Gasteiger partial charge >= 0.3 is 5.97 Å². The van der Waals surface area contributed by atoms with E-state index >= 15 is 0 Å². The number of carbonyl (C=O) groups excluding carboxylic acids is 1. The molecular formula is C21H24FN3O3. The SMILES string of the molecule is CN(C(=O)c1nn(-c2cccc(F)c2)c2c1CCC2)C1(C(=O)O)CCCCC1. The number of carboxylic acid groups (broad SMARTS) is 1. The summed E-state index contributed by atoms with van der Waals surface area (Å²) in [5, 5.41) is 14.4. The molecule has 1 aromatic carbocycles. The lowest BCUT2D eigenvalue weighted by Crippen LogP contribution is -2.56. The predicted molar refractivity (Wildman–Crippen MR) is 101 cm³/mol. The Balaban J connectivity index is 1.74. The molecule has 0 atom stereocenters. The van der Waals surface area contributed by atoms with Crippen molar-refractivity contribution < 1.29 is 19.1 Å². The fourth-order valence-electron chi connectivity index (χ4n) is 4.61. The van der Waals surface area contributed by atoms with Crippen LogP contribution in [0.4, 0.5) is 4.39 Å². The Bertz CT molecular complexity index is 931. The number of hydrogen-bond donors (Lipinski definition) is 1. The molecule has 0 spiro atoms. The highest BCUT2D eigenvalue weighted by Gasteiger charge is 2.46. The van der Waals surface area contributed by atoms with Crippen LogP contribution in [-0.4, -0.2) is 44.3 Å². The highest BCUT2D eigenvalue weighted by Crippen LogP contribution is 2.36. The van der Waals surface area contributed by atoms with Crippen molar-refractivity contribution in [2.75, 3.05) is 7.05 Å². The Morgan fingerprint density at radius 3 is 2.61 bits per heavy atom. The normalized spacial score (nSPS) is 17.9. The van der Waals surface area contributed by atoms with Gasteiger partial charge in [-0.2, -0.15) is 5.10 Å². The monoisotopic (exact) mass is 385 g/mol. The van der Waals surface area contributed by atoms with E-state index in [1.807, 2.05) is 0 Å². The number of rotatable bonds is 4. The molecule has 4 rings (SSSR count). The van der Waals surface area contributed by atoms with Gasteiger partial charge in [-0.25, -0.2) is 13.9 Å². The number of likely N-dealkylation sites (N-methyl/N-ethyl adjacent to an activating group) is 1. The van der Waals surface area contributed by atoms with Gasteiger partial charge in [0.1, 0.15) is 11.4 Å². The Morgan fingerprint density at radius 1 is 1.18 bits per heavy atom. The van der Waals surface area contributed by atoms with E-state index in [0.717, 1.165) is 49.8 Å². The Labute approximate surface area is 163 Å². The van der Waals surface area contributed by atoms with Gasteiger partial charge in [0.25, 0.3) is 5.91 Å². The number of halogens is 1. The van der Waals surface area contributed by atoms with E-state index in [4.69, 9.17) is 0 Å². The molecule has 1 aromatic heterocycles. The number of fused-ring (bicyclic) bond motifs is 1. The summed E-state index contributed by atoms with van der Waals surface area (Å²) in [6.07, 6.45) is 5.87. The average Bonchev–Trinajstić information content (AvgIpc) is 3.30. The third-order valence-corrected chi connectivity index (χ3v) is 6.21. The van der Waals surface area contributed by atoms with E-state index in [2.05, 4.69) is 5.10 Å². The molecule has 2 aliphatic carbocycles.